The predicted molar refractivity (Wildman–Crippen MR) is 164 cm³/mol. The van der Waals surface area contributed by atoms with Gasteiger partial charge in [-0.1, -0.05) is 51.9 Å². The van der Waals surface area contributed by atoms with Crippen molar-refractivity contribution in [1.82, 2.24) is 4.90 Å². The van der Waals surface area contributed by atoms with E-state index in [0.717, 1.165) is 9.80 Å². The molecule has 0 bridgehead atoms. The number of imide groups is 2. The summed E-state index contributed by atoms with van der Waals surface area (Å²) in [5.74, 6) is -5.89. The second kappa shape index (κ2) is 10.4. The Labute approximate surface area is 266 Å². The SMILES string of the molecule is C=CCc1cccc([C@H]2C3=CC[C@@H]4C(=O)N(c5ccc(C(C)=O)cc5)C(=O)[C@@H]4[C@@H]3C[C@@]3(Cl)C(=O)N(CBr)C(=O)[C@@]23Cl)c1O. The van der Waals surface area contributed by atoms with Crippen LogP contribution in [0.5, 0.6) is 5.75 Å². The van der Waals surface area contributed by atoms with Gasteiger partial charge in [0.25, 0.3) is 11.8 Å². The number of hydrogen-bond acceptors (Lipinski definition) is 6. The first-order valence-corrected chi connectivity index (χ1v) is 15.7. The molecule has 3 fully saturated rings. The van der Waals surface area contributed by atoms with Crippen molar-refractivity contribution in [2.24, 2.45) is 17.8 Å². The van der Waals surface area contributed by atoms with E-state index in [9.17, 15) is 29.1 Å². The van der Waals surface area contributed by atoms with Gasteiger partial charge in [0.1, 0.15) is 5.75 Å². The fraction of sp³-hybridized carbons (Fsp3) is 0.344. The van der Waals surface area contributed by atoms with Crippen molar-refractivity contribution < 1.29 is 29.1 Å². The molecule has 2 aromatic rings. The fourth-order valence-corrected chi connectivity index (χ4v) is 8.78. The molecular weight excluding hydrogens is 659 g/mol. The number of aromatic hydroxyl groups is 1. The molecule has 6 rings (SSSR count). The number of Topliss-reactive ketones (excluding diaryl/α,β-unsaturated/α-hetero) is 1. The van der Waals surface area contributed by atoms with E-state index >= 15 is 0 Å². The van der Waals surface area contributed by atoms with E-state index in [0.29, 0.717) is 34.4 Å². The summed E-state index contributed by atoms with van der Waals surface area (Å²) in [6.07, 6.45) is 3.83. The molecule has 11 heteroatoms. The van der Waals surface area contributed by atoms with Gasteiger partial charge in [0.05, 0.1) is 23.0 Å². The maximum absolute atomic E-state index is 14.1. The Hall–Kier alpha value is -3.27. The Bertz CT molecular complexity index is 1660. The lowest BCUT2D eigenvalue weighted by Crippen LogP contribution is -2.60. The van der Waals surface area contributed by atoms with Crippen molar-refractivity contribution in [1.29, 1.82) is 0 Å². The summed E-state index contributed by atoms with van der Waals surface area (Å²) in [4.78, 5) is 65.5. The first-order valence-electron chi connectivity index (χ1n) is 13.8. The number of benzene rings is 2. The minimum absolute atomic E-state index is 0.103. The largest absolute Gasteiger partial charge is 0.507 e. The minimum Gasteiger partial charge on any atom is -0.507 e. The van der Waals surface area contributed by atoms with E-state index in [4.69, 9.17) is 23.2 Å². The fourth-order valence-electron chi connectivity index (χ4n) is 7.36. The standard InChI is InChI=1S/C32H27BrCl2N2O6/c1-3-5-18-6-4-7-22(26(18)39)25-20-12-13-21-24(23(20)14-31(34)29(42)36(15-33)30(43)32(25,31)35)28(41)37(27(21)40)19-10-8-17(9-11-19)16(2)38/h3-4,6-12,21,23-25,39H,1,5,13-15H2,2H3/t21-,23+,24-,25+,31+,32-/m0/s1. The molecule has 1 N–H and O–H groups in total. The van der Waals surface area contributed by atoms with Gasteiger partial charge >= 0.3 is 0 Å². The number of hydrogen-bond donors (Lipinski definition) is 1. The Morgan fingerprint density at radius 1 is 1.07 bits per heavy atom. The number of phenols is 1. The Morgan fingerprint density at radius 3 is 2.40 bits per heavy atom. The number of ketones is 1. The van der Waals surface area contributed by atoms with Crippen LogP contribution >= 0.6 is 39.1 Å². The van der Waals surface area contributed by atoms with Gasteiger partial charge in [-0.3, -0.25) is 33.8 Å². The number of carbonyl (C=O) groups excluding carboxylic acids is 5. The lowest BCUT2D eigenvalue weighted by Gasteiger charge is -2.50. The Morgan fingerprint density at radius 2 is 1.77 bits per heavy atom. The number of fused-ring (bicyclic) bond motifs is 4. The molecule has 0 unspecified atom stereocenters. The molecule has 43 heavy (non-hydrogen) atoms. The quantitative estimate of drug-likeness (QED) is 0.146. The lowest BCUT2D eigenvalue weighted by molar-refractivity contribution is -0.138. The zero-order valence-electron chi connectivity index (χ0n) is 23.1. The van der Waals surface area contributed by atoms with Crippen molar-refractivity contribution in [2.75, 3.05) is 10.4 Å². The normalized spacial score (nSPS) is 31.5. The highest BCUT2D eigenvalue weighted by Gasteiger charge is 2.76. The molecular formula is C32H27BrCl2N2O6. The van der Waals surface area contributed by atoms with Crippen LogP contribution in [0.25, 0.3) is 0 Å². The number of halogens is 3. The van der Waals surface area contributed by atoms with E-state index < -0.39 is 57.0 Å². The molecule has 2 saturated heterocycles. The van der Waals surface area contributed by atoms with E-state index in [1.165, 1.54) is 6.92 Å². The van der Waals surface area contributed by atoms with Crippen LogP contribution in [0.3, 0.4) is 0 Å². The molecule has 222 valence electrons. The summed E-state index contributed by atoms with van der Waals surface area (Å²) < 4.78 is 0. The van der Waals surface area contributed by atoms with Crippen LogP contribution < -0.4 is 4.90 Å². The van der Waals surface area contributed by atoms with Gasteiger partial charge in [0, 0.05) is 17.0 Å². The highest BCUT2D eigenvalue weighted by atomic mass is 79.9. The van der Waals surface area contributed by atoms with Crippen molar-refractivity contribution >= 4 is 74.2 Å². The van der Waals surface area contributed by atoms with Gasteiger partial charge in [-0.15, -0.1) is 29.8 Å². The average Bonchev–Trinajstić information content (AvgIpc) is 3.32. The molecule has 2 aliphatic carbocycles. The number of phenolic OH excluding ortho intramolecular Hbond substituents is 1. The number of anilines is 1. The second-order valence-electron chi connectivity index (χ2n) is 11.4. The van der Waals surface area contributed by atoms with E-state index in [-0.39, 0.29) is 29.8 Å². The molecule has 2 aromatic carbocycles. The van der Waals surface area contributed by atoms with Crippen molar-refractivity contribution in [3.63, 3.8) is 0 Å². The molecule has 8 nitrogen and oxygen atoms in total. The second-order valence-corrected chi connectivity index (χ2v) is 13.2. The van der Waals surface area contributed by atoms with Crippen LogP contribution in [-0.4, -0.2) is 54.6 Å². The molecule has 0 spiro atoms. The molecule has 6 atom stereocenters. The third-order valence-corrected chi connectivity index (χ3v) is 11.3. The van der Waals surface area contributed by atoms with Crippen molar-refractivity contribution in [3.8, 4) is 5.75 Å². The van der Waals surface area contributed by atoms with Gasteiger partial charge in [-0.25, -0.2) is 0 Å². The van der Waals surface area contributed by atoms with Gasteiger partial charge in [0.2, 0.25) is 11.8 Å². The predicted octanol–water partition coefficient (Wildman–Crippen LogP) is 5.24. The van der Waals surface area contributed by atoms with Crippen LogP contribution in [-0.2, 0) is 25.6 Å². The minimum atomic E-state index is -2.01. The zero-order chi connectivity index (χ0) is 31.0. The zero-order valence-corrected chi connectivity index (χ0v) is 26.2. The van der Waals surface area contributed by atoms with E-state index in [2.05, 4.69) is 22.5 Å². The monoisotopic (exact) mass is 684 g/mol. The van der Waals surface area contributed by atoms with Gasteiger partial charge in [-0.05, 0) is 61.9 Å². The molecule has 2 heterocycles. The average molecular weight is 686 g/mol. The number of likely N-dealkylation sites (tertiary alicyclic amines) is 1. The number of rotatable bonds is 6. The smallest absolute Gasteiger partial charge is 0.254 e. The Kier molecular flexibility index (Phi) is 7.22. The third kappa shape index (κ3) is 3.97. The number of nitrogens with zero attached hydrogens (tertiary/aromatic N) is 2. The molecule has 0 radical (unpaired) electrons. The molecule has 0 aromatic heterocycles. The summed E-state index contributed by atoms with van der Waals surface area (Å²) in [5.41, 5.74) is 2.08. The van der Waals surface area contributed by atoms with E-state index in [1.54, 1.807) is 48.5 Å². The van der Waals surface area contributed by atoms with Crippen LogP contribution in [0.2, 0.25) is 0 Å². The number of allylic oxidation sites excluding steroid dienone is 3. The van der Waals surface area contributed by atoms with Crippen LogP contribution in [0.1, 0.15) is 47.2 Å². The highest BCUT2D eigenvalue weighted by molar-refractivity contribution is 9.09. The number of amides is 4. The van der Waals surface area contributed by atoms with Gasteiger partial charge in [0.15, 0.2) is 15.5 Å². The number of carbonyl (C=O) groups is 5. The summed E-state index contributed by atoms with van der Waals surface area (Å²) in [5, 5.41) is 11.4. The van der Waals surface area contributed by atoms with E-state index in [1.807, 2.05) is 6.08 Å². The van der Waals surface area contributed by atoms with Crippen molar-refractivity contribution in [3.05, 3.63) is 83.5 Å². The number of para-hydroxylation sites is 1. The molecule has 2 aliphatic heterocycles. The van der Waals surface area contributed by atoms with Gasteiger partial charge < -0.3 is 5.11 Å². The molecule has 4 amide bonds. The third-order valence-electron chi connectivity index (χ3n) is 9.37. The maximum Gasteiger partial charge on any atom is 0.254 e. The summed E-state index contributed by atoms with van der Waals surface area (Å²) in [6.45, 7) is 5.18. The highest BCUT2D eigenvalue weighted by Crippen LogP contribution is 2.66. The molecule has 4 aliphatic rings. The topological polar surface area (TPSA) is 112 Å². The van der Waals surface area contributed by atoms with Crippen LogP contribution in [0.4, 0.5) is 5.69 Å². The Balaban J connectivity index is 1.51. The first-order chi connectivity index (χ1) is 20.4. The summed E-state index contributed by atoms with van der Waals surface area (Å²) in [6, 6.07) is 11.3. The summed E-state index contributed by atoms with van der Waals surface area (Å²) >= 11 is 17.7. The maximum atomic E-state index is 14.1. The number of alkyl halides is 3. The van der Waals surface area contributed by atoms with Crippen LogP contribution in [0, 0.1) is 17.8 Å². The molecule has 1 saturated carbocycles. The first kappa shape index (κ1) is 29.8. The summed E-state index contributed by atoms with van der Waals surface area (Å²) in [7, 11) is 0. The van der Waals surface area contributed by atoms with Crippen molar-refractivity contribution in [2.45, 2.75) is 41.9 Å². The van der Waals surface area contributed by atoms with Crippen LogP contribution in [0.15, 0.2) is 66.8 Å². The lowest BCUT2D eigenvalue weighted by atomic mass is 9.56. The van der Waals surface area contributed by atoms with Gasteiger partial charge in [-0.2, -0.15) is 0 Å².